The lowest BCUT2D eigenvalue weighted by molar-refractivity contribution is -0.378. The lowest BCUT2D eigenvalue weighted by Crippen LogP contribution is -2.66. The topological polar surface area (TPSA) is 452 Å². The first kappa shape index (κ1) is 72.4. The highest BCUT2D eigenvalue weighted by atomic mass is 16.8. The van der Waals surface area contributed by atoms with E-state index in [-0.39, 0.29) is 46.0 Å². The molecule has 5 aliphatic carbocycles. The summed E-state index contributed by atoms with van der Waals surface area (Å²) in [5.41, 5.74) is -1.40. The van der Waals surface area contributed by atoms with Gasteiger partial charge in [0.2, 0.25) is 6.29 Å². The Bertz CT molecular complexity index is 2620. The zero-order valence-corrected chi connectivity index (χ0v) is 54.4. The summed E-state index contributed by atoms with van der Waals surface area (Å²) < 4.78 is 71.5. The van der Waals surface area contributed by atoms with Crippen molar-refractivity contribution >= 4 is 5.97 Å². The minimum atomic E-state index is -1.90. The fourth-order valence-electron chi connectivity index (χ4n) is 18.7. The average molecular weight is 1340 g/mol. The van der Waals surface area contributed by atoms with E-state index < -0.39 is 215 Å². The third kappa shape index (κ3) is 12.6. The Hall–Kier alpha value is -1.87. The highest BCUT2D eigenvalue weighted by Crippen LogP contribution is 2.76. The summed E-state index contributed by atoms with van der Waals surface area (Å²) in [6, 6.07) is 0. The van der Waals surface area contributed by atoms with E-state index in [9.17, 15) is 81.7 Å². The van der Waals surface area contributed by atoms with Gasteiger partial charge in [0.05, 0.1) is 50.2 Å². The summed E-state index contributed by atoms with van der Waals surface area (Å²) in [6.07, 6.45) is -35.6. The SMILES string of the molecule is C[C@@H]1O[C@@H](O[C@H]2[C@H](O[C@H]3CC[C@@]4(C)C(CC[C@]5(C)C4CC=C4C6CC(C)(C)CC[C@]6(C(=O)O[C@@H]6O[C@H](CO[C@@H]7O[C@H](CO)[C@@H](O[C@H]8O[C@H](C)[C@@H](O)[C@H](O)[C@@H]8O)[C@H](O)[C@H]7O)[C@@H](O)[C@H](O)[C@H]6O)CC[C@]45C)C3(C)C)OC[C@@H](O)[C@@H]2O)[C@H](O)[C@H](O[C@@H]2OC[C@@H](O)[C@@H](O)[C@H]2O)[C@H]1O. The number of ether oxygens (including phenoxy) is 12. The Morgan fingerprint density at radius 3 is 1.76 bits per heavy atom. The predicted molar refractivity (Wildman–Crippen MR) is 313 cm³/mol. The molecule has 0 amide bonds. The van der Waals surface area contributed by atoms with Crippen LogP contribution in [0.1, 0.15) is 127 Å². The van der Waals surface area contributed by atoms with Crippen LogP contribution in [0.15, 0.2) is 11.6 Å². The van der Waals surface area contributed by atoms with Gasteiger partial charge in [-0.15, -0.1) is 0 Å². The van der Waals surface area contributed by atoms with Crippen molar-refractivity contribution in [3.8, 4) is 0 Å². The normalized spacial score (nSPS) is 54.7. The van der Waals surface area contributed by atoms with Gasteiger partial charge in [0, 0.05) is 0 Å². The molecule has 10 fully saturated rings. The first-order valence-electron chi connectivity index (χ1n) is 33.4. The summed E-state index contributed by atoms with van der Waals surface area (Å²) in [7, 11) is 0. The van der Waals surface area contributed by atoms with Crippen LogP contribution in [0.5, 0.6) is 0 Å². The maximum atomic E-state index is 15.3. The fraction of sp³-hybridized carbons (Fsp3) is 0.953. The number of hydrogen-bond acceptors (Lipinski definition) is 29. The number of aliphatic hydroxyl groups excluding tert-OH is 16. The number of allylic oxidation sites excluding steroid dienone is 2. The third-order valence-electron chi connectivity index (χ3n) is 24.8. The maximum absolute atomic E-state index is 15.3. The van der Waals surface area contributed by atoms with Crippen LogP contribution in [0.3, 0.4) is 0 Å². The molecule has 0 bridgehead atoms. The van der Waals surface area contributed by atoms with E-state index in [4.69, 9.17) is 56.8 Å². The Morgan fingerprint density at radius 2 is 1.08 bits per heavy atom. The van der Waals surface area contributed by atoms with Crippen LogP contribution in [0.2, 0.25) is 0 Å². The minimum Gasteiger partial charge on any atom is -0.432 e. The third-order valence-corrected chi connectivity index (χ3v) is 24.8. The highest BCUT2D eigenvalue weighted by molar-refractivity contribution is 5.79. The molecule has 534 valence electrons. The largest absolute Gasteiger partial charge is 0.432 e. The summed E-state index contributed by atoms with van der Waals surface area (Å²) in [6.45, 7) is 16.7. The molecule has 0 aromatic rings. The maximum Gasteiger partial charge on any atom is 0.315 e. The molecule has 11 aliphatic rings. The molecule has 29 nitrogen and oxygen atoms in total. The average Bonchev–Trinajstić information content (AvgIpc) is 0.676. The molecule has 6 saturated heterocycles. The van der Waals surface area contributed by atoms with E-state index in [1.165, 1.54) is 19.4 Å². The Labute approximate surface area is 540 Å². The standard InChI is InChI=1S/C64H104O29/c1-25-36(68)41(73)45(77)54(85-25)90-49-31(21-65)87-52(47(79)43(49)75)84-24-32-40(72)42(74)46(78)55(88-32)93-58(81)64-18-16-59(3,4)20-28(64)27-10-11-34-61(7)14-13-35(60(5,6)33(61)12-15-63(34,9)62(27,8)17-19-64)89-57-51(39(71)30(67)23-83-57)92-56-48(80)50(37(69)26(2)86-56)91-53-44(76)38(70)29(66)22-82-53/h10,25-26,28-57,65-80H,11-24H2,1-9H3/t25-,26+,28?,29-,30-,31-,32-,33?,34?,35+,36-,37+,38-,39+,40-,41+,42+,43-,44-,45+,46-,47-,48-,49-,50-,51-,52-,53+,54-,55+,56+,57+,61+,62-,63-,64+/m1/s1. The molecule has 0 spiro atoms. The smallest absolute Gasteiger partial charge is 0.315 e. The number of aliphatic hydroxyl groups is 16. The molecule has 93 heavy (non-hydrogen) atoms. The number of hydrogen-bond donors (Lipinski definition) is 16. The van der Waals surface area contributed by atoms with Crippen molar-refractivity contribution in [2.24, 2.45) is 50.2 Å². The molecular formula is C64H104O29. The lowest BCUT2D eigenvalue weighted by Gasteiger charge is -2.71. The monoisotopic (exact) mass is 1340 g/mol. The van der Waals surface area contributed by atoms with Crippen molar-refractivity contribution in [2.75, 3.05) is 26.4 Å². The molecule has 3 unspecified atom stereocenters. The summed E-state index contributed by atoms with van der Waals surface area (Å²) in [4.78, 5) is 15.3. The van der Waals surface area contributed by atoms with E-state index in [2.05, 4.69) is 54.5 Å². The van der Waals surface area contributed by atoms with E-state index in [1.807, 2.05) is 0 Å². The molecule has 4 saturated carbocycles. The van der Waals surface area contributed by atoms with Crippen molar-refractivity contribution in [1.82, 2.24) is 0 Å². The van der Waals surface area contributed by atoms with Gasteiger partial charge in [0.15, 0.2) is 31.5 Å². The summed E-state index contributed by atoms with van der Waals surface area (Å²) >= 11 is 0. The van der Waals surface area contributed by atoms with Crippen LogP contribution < -0.4 is 0 Å². The summed E-state index contributed by atoms with van der Waals surface area (Å²) in [5, 5.41) is 174. The Balaban J connectivity index is 0.762. The van der Waals surface area contributed by atoms with Crippen LogP contribution in [-0.4, -0.2) is 292 Å². The van der Waals surface area contributed by atoms with Crippen molar-refractivity contribution in [2.45, 2.75) is 305 Å². The van der Waals surface area contributed by atoms with Gasteiger partial charge in [-0.3, -0.25) is 4.79 Å². The van der Waals surface area contributed by atoms with Gasteiger partial charge < -0.3 is 139 Å². The second-order valence-corrected chi connectivity index (χ2v) is 31.0. The zero-order valence-electron chi connectivity index (χ0n) is 54.4. The first-order valence-corrected chi connectivity index (χ1v) is 33.4. The van der Waals surface area contributed by atoms with Gasteiger partial charge in [-0.25, -0.2) is 0 Å². The van der Waals surface area contributed by atoms with E-state index in [1.54, 1.807) is 0 Å². The van der Waals surface area contributed by atoms with Gasteiger partial charge in [-0.05, 0) is 123 Å². The molecule has 11 rings (SSSR count). The van der Waals surface area contributed by atoms with E-state index >= 15 is 4.79 Å². The van der Waals surface area contributed by atoms with Crippen LogP contribution in [0.4, 0.5) is 0 Å². The number of esters is 1. The molecular weight excluding hydrogens is 1230 g/mol. The van der Waals surface area contributed by atoms with Gasteiger partial charge in [0.25, 0.3) is 0 Å². The lowest BCUT2D eigenvalue weighted by atomic mass is 9.33. The van der Waals surface area contributed by atoms with Crippen LogP contribution in [0, 0.1) is 50.2 Å². The fourth-order valence-corrected chi connectivity index (χ4v) is 18.7. The zero-order chi connectivity index (χ0) is 67.7. The summed E-state index contributed by atoms with van der Waals surface area (Å²) in [5.74, 6) is -0.598. The van der Waals surface area contributed by atoms with Crippen molar-refractivity contribution in [1.29, 1.82) is 0 Å². The predicted octanol–water partition coefficient (Wildman–Crippen LogP) is -3.05. The van der Waals surface area contributed by atoms with Crippen LogP contribution in [-0.2, 0) is 61.6 Å². The number of carbonyl (C=O) groups is 1. The Morgan fingerprint density at radius 1 is 0.505 bits per heavy atom. The van der Waals surface area contributed by atoms with Gasteiger partial charge in [-0.1, -0.05) is 60.1 Å². The van der Waals surface area contributed by atoms with E-state index in [0.29, 0.717) is 38.5 Å². The molecule has 0 aromatic heterocycles. The molecule has 36 atom stereocenters. The van der Waals surface area contributed by atoms with Crippen LogP contribution in [0.25, 0.3) is 0 Å². The molecule has 6 heterocycles. The second-order valence-electron chi connectivity index (χ2n) is 31.0. The van der Waals surface area contributed by atoms with Gasteiger partial charge in [-0.2, -0.15) is 0 Å². The van der Waals surface area contributed by atoms with Crippen molar-refractivity contribution in [3.05, 3.63) is 11.6 Å². The molecule has 6 aliphatic heterocycles. The Kier molecular flexibility index (Phi) is 20.9. The quantitative estimate of drug-likeness (QED) is 0.0467. The first-order chi connectivity index (χ1) is 43.5. The van der Waals surface area contributed by atoms with Crippen LogP contribution >= 0.6 is 0 Å². The number of fused-ring (bicyclic) bond motifs is 7. The highest BCUT2D eigenvalue weighted by Gasteiger charge is 2.70. The van der Waals surface area contributed by atoms with Gasteiger partial charge >= 0.3 is 5.97 Å². The molecule has 0 aromatic carbocycles. The number of carbonyl (C=O) groups excluding carboxylic acids is 1. The van der Waals surface area contributed by atoms with E-state index in [0.717, 1.165) is 25.7 Å². The second kappa shape index (κ2) is 26.9. The minimum absolute atomic E-state index is 0.113. The molecule has 16 N–H and O–H groups in total. The molecule has 29 heteroatoms. The van der Waals surface area contributed by atoms with Crippen molar-refractivity contribution < 1.29 is 143 Å². The van der Waals surface area contributed by atoms with Crippen molar-refractivity contribution in [3.63, 3.8) is 0 Å². The molecule has 0 radical (unpaired) electrons. The number of rotatable bonds is 14. The van der Waals surface area contributed by atoms with Gasteiger partial charge in [0.1, 0.15) is 122 Å².